The topological polar surface area (TPSA) is 67.4 Å². The van der Waals surface area contributed by atoms with Crippen molar-refractivity contribution in [1.82, 2.24) is 10.6 Å². The van der Waals surface area contributed by atoms with Crippen LogP contribution in [0.3, 0.4) is 0 Å². The van der Waals surface area contributed by atoms with Gasteiger partial charge in [-0.05, 0) is 56.9 Å². The predicted octanol–water partition coefficient (Wildman–Crippen LogP) is 2.89. The van der Waals surface area contributed by atoms with Crippen molar-refractivity contribution in [3.8, 4) is 0 Å². The molecule has 1 aliphatic heterocycles. The SMILES string of the molecule is CC(C)NC(=O)C1CCC2O/C(=C/c3cccc(Cl)c3)C(=O)NC2C1. The summed E-state index contributed by atoms with van der Waals surface area (Å²) in [5.74, 6) is 0.0358. The first-order valence-corrected chi connectivity index (χ1v) is 9.05. The summed E-state index contributed by atoms with van der Waals surface area (Å²) in [5.41, 5.74) is 0.820. The van der Waals surface area contributed by atoms with Gasteiger partial charge in [-0.3, -0.25) is 9.59 Å². The zero-order chi connectivity index (χ0) is 18.0. The van der Waals surface area contributed by atoms with Crippen LogP contribution in [0.5, 0.6) is 0 Å². The van der Waals surface area contributed by atoms with Gasteiger partial charge in [0, 0.05) is 17.0 Å². The number of ether oxygens (including phenoxy) is 1. The van der Waals surface area contributed by atoms with Crippen molar-refractivity contribution in [3.05, 3.63) is 40.6 Å². The highest BCUT2D eigenvalue weighted by Crippen LogP contribution is 2.31. The van der Waals surface area contributed by atoms with E-state index >= 15 is 0 Å². The lowest BCUT2D eigenvalue weighted by atomic mass is 9.82. The van der Waals surface area contributed by atoms with E-state index in [1.165, 1.54) is 0 Å². The van der Waals surface area contributed by atoms with Crippen molar-refractivity contribution in [1.29, 1.82) is 0 Å². The first kappa shape index (κ1) is 17.8. The third kappa shape index (κ3) is 4.34. The van der Waals surface area contributed by atoms with Crippen molar-refractivity contribution in [2.24, 2.45) is 5.92 Å². The maximum absolute atomic E-state index is 12.4. The van der Waals surface area contributed by atoms with E-state index in [0.717, 1.165) is 18.4 Å². The number of nitrogens with one attached hydrogen (secondary N) is 2. The summed E-state index contributed by atoms with van der Waals surface area (Å²) in [6, 6.07) is 7.26. The van der Waals surface area contributed by atoms with Gasteiger partial charge >= 0.3 is 0 Å². The van der Waals surface area contributed by atoms with Gasteiger partial charge in [-0.1, -0.05) is 23.7 Å². The minimum atomic E-state index is -0.244. The molecule has 6 heteroatoms. The van der Waals surface area contributed by atoms with E-state index < -0.39 is 0 Å². The second-order valence-corrected chi connectivity index (χ2v) is 7.41. The molecule has 1 saturated heterocycles. The Labute approximate surface area is 152 Å². The van der Waals surface area contributed by atoms with Crippen LogP contribution in [0.25, 0.3) is 6.08 Å². The van der Waals surface area contributed by atoms with E-state index in [0.29, 0.717) is 17.2 Å². The summed E-state index contributed by atoms with van der Waals surface area (Å²) < 4.78 is 5.93. The molecule has 2 fully saturated rings. The number of amides is 2. The quantitative estimate of drug-likeness (QED) is 0.812. The second-order valence-electron chi connectivity index (χ2n) is 6.97. The molecule has 2 amide bonds. The van der Waals surface area contributed by atoms with Crippen LogP contribution in [-0.4, -0.2) is 30.0 Å². The fourth-order valence-corrected chi connectivity index (χ4v) is 3.58. The van der Waals surface area contributed by atoms with Gasteiger partial charge in [0.05, 0.1) is 6.04 Å². The van der Waals surface area contributed by atoms with E-state index in [1.54, 1.807) is 18.2 Å². The number of benzene rings is 1. The highest BCUT2D eigenvalue weighted by Gasteiger charge is 2.40. The zero-order valence-corrected chi connectivity index (χ0v) is 15.2. The Morgan fingerprint density at radius 2 is 2.20 bits per heavy atom. The summed E-state index contributed by atoms with van der Waals surface area (Å²) in [6.45, 7) is 3.89. The number of hydrogen-bond acceptors (Lipinski definition) is 3. The Morgan fingerprint density at radius 1 is 1.40 bits per heavy atom. The molecule has 134 valence electrons. The number of carbonyl (C=O) groups is 2. The van der Waals surface area contributed by atoms with Crippen molar-refractivity contribution < 1.29 is 14.3 Å². The molecule has 1 aromatic carbocycles. The fraction of sp³-hybridized carbons (Fsp3) is 0.474. The van der Waals surface area contributed by atoms with E-state index in [9.17, 15) is 9.59 Å². The van der Waals surface area contributed by atoms with Gasteiger partial charge in [0.2, 0.25) is 5.91 Å². The minimum absolute atomic E-state index is 0.0583. The van der Waals surface area contributed by atoms with Gasteiger partial charge < -0.3 is 15.4 Å². The number of halogens is 1. The van der Waals surface area contributed by atoms with Crippen molar-refractivity contribution in [3.63, 3.8) is 0 Å². The van der Waals surface area contributed by atoms with Gasteiger partial charge in [-0.2, -0.15) is 0 Å². The largest absolute Gasteiger partial charge is 0.483 e. The fourth-order valence-electron chi connectivity index (χ4n) is 3.38. The van der Waals surface area contributed by atoms with Crippen molar-refractivity contribution in [2.45, 2.75) is 51.3 Å². The van der Waals surface area contributed by atoms with Crippen LogP contribution in [0, 0.1) is 5.92 Å². The number of morpholine rings is 1. The molecule has 25 heavy (non-hydrogen) atoms. The molecule has 1 aromatic rings. The summed E-state index contributed by atoms with van der Waals surface area (Å²) in [5, 5.41) is 6.56. The Hall–Kier alpha value is -2.01. The van der Waals surface area contributed by atoms with Crippen LogP contribution >= 0.6 is 11.6 Å². The molecule has 2 aliphatic rings. The van der Waals surface area contributed by atoms with Gasteiger partial charge in [0.15, 0.2) is 5.76 Å². The van der Waals surface area contributed by atoms with Gasteiger partial charge in [-0.25, -0.2) is 0 Å². The Balaban J connectivity index is 1.67. The Bertz CT molecular complexity index is 702. The lowest BCUT2D eigenvalue weighted by Crippen LogP contribution is -2.55. The maximum Gasteiger partial charge on any atom is 0.286 e. The zero-order valence-electron chi connectivity index (χ0n) is 14.4. The molecular formula is C19H23ClN2O3. The van der Waals surface area contributed by atoms with Crippen LogP contribution in [-0.2, 0) is 14.3 Å². The van der Waals surface area contributed by atoms with E-state index in [1.807, 2.05) is 26.0 Å². The van der Waals surface area contributed by atoms with Gasteiger partial charge in [0.1, 0.15) is 6.10 Å². The van der Waals surface area contributed by atoms with Crippen LogP contribution in [0.2, 0.25) is 5.02 Å². The molecule has 0 radical (unpaired) electrons. The van der Waals surface area contributed by atoms with Crippen LogP contribution in [0.15, 0.2) is 30.0 Å². The lowest BCUT2D eigenvalue weighted by Gasteiger charge is -2.39. The summed E-state index contributed by atoms with van der Waals surface area (Å²) in [4.78, 5) is 24.6. The van der Waals surface area contributed by atoms with Gasteiger partial charge in [-0.15, -0.1) is 0 Å². The third-order valence-electron chi connectivity index (χ3n) is 4.55. The number of hydrogen-bond donors (Lipinski definition) is 2. The molecule has 2 N–H and O–H groups in total. The first-order valence-electron chi connectivity index (χ1n) is 8.67. The Kier molecular flexibility index (Phi) is 5.33. The molecule has 3 atom stereocenters. The van der Waals surface area contributed by atoms with Crippen LogP contribution in [0.4, 0.5) is 0 Å². The Morgan fingerprint density at radius 3 is 2.92 bits per heavy atom. The molecule has 0 spiro atoms. The third-order valence-corrected chi connectivity index (χ3v) is 4.79. The van der Waals surface area contributed by atoms with Crippen LogP contribution < -0.4 is 10.6 Å². The minimum Gasteiger partial charge on any atom is -0.483 e. The first-order chi connectivity index (χ1) is 11.9. The van der Waals surface area contributed by atoms with E-state index in [-0.39, 0.29) is 35.9 Å². The van der Waals surface area contributed by atoms with Crippen molar-refractivity contribution >= 4 is 29.5 Å². The average Bonchev–Trinajstić information content (AvgIpc) is 2.54. The maximum atomic E-state index is 12.4. The molecule has 1 heterocycles. The molecule has 5 nitrogen and oxygen atoms in total. The van der Waals surface area contributed by atoms with Crippen molar-refractivity contribution in [2.75, 3.05) is 0 Å². The smallest absolute Gasteiger partial charge is 0.286 e. The molecule has 1 aliphatic carbocycles. The summed E-state index contributed by atoms with van der Waals surface area (Å²) in [7, 11) is 0. The molecule has 1 saturated carbocycles. The molecule has 0 aromatic heterocycles. The highest BCUT2D eigenvalue weighted by atomic mass is 35.5. The van der Waals surface area contributed by atoms with Crippen LogP contribution in [0.1, 0.15) is 38.7 Å². The lowest BCUT2D eigenvalue weighted by molar-refractivity contribution is -0.135. The number of carbonyl (C=O) groups excluding carboxylic acids is 2. The number of rotatable bonds is 3. The molecule has 0 bridgehead atoms. The van der Waals surface area contributed by atoms with E-state index in [2.05, 4.69) is 10.6 Å². The standard InChI is InChI=1S/C19H23ClN2O3/c1-11(2)21-18(23)13-6-7-16-15(10-13)22-19(24)17(25-16)9-12-4-3-5-14(20)8-12/h3-5,8-9,11,13,15-16H,6-7,10H2,1-2H3,(H,21,23)(H,22,24)/b17-9+. The predicted molar refractivity (Wildman–Crippen MR) is 96.9 cm³/mol. The summed E-state index contributed by atoms with van der Waals surface area (Å²) in [6.07, 6.45) is 3.73. The monoisotopic (exact) mass is 362 g/mol. The highest BCUT2D eigenvalue weighted by molar-refractivity contribution is 6.30. The second kappa shape index (κ2) is 7.48. The number of fused-ring (bicyclic) bond motifs is 1. The molecular weight excluding hydrogens is 340 g/mol. The van der Waals surface area contributed by atoms with Gasteiger partial charge in [0.25, 0.3) is 5.91 Å². The molecule has 3 unspecified atom stereocenters. The molecule has 3 rings (SSSR count). The average molecular weight is 363 g/mol. The summed E-state index contributed by atoms with van der Waals surface area (Å²) >= 11 is 5.98. The van der Waals surface area contributed by atoms with E-state index in [4.69, 9.17) is 16.3 Å². The normalized spacial score (nSPS) is 27.4.